The second kappa shape index (κ2) is 8.33. The van der Waals surface area contributed by atoms with Gasteiger partial charge in [0.2, 0.25) is 5.82 Å². The minimum Gasteiger partial charge on any atom is -0.494 e. The maximum Gasteiger partial charge on any atom is 0.205 e. The van der Waals surface area contributed by atoms with Gasteiger partial charge in [0.15, 0.2) is 11.5 Å². The summed E-state index contributed by atoms with van der Waals surface area (Å²) in [6.07, 6.45) is 0.787. The average molecular weight is 354 g/mol. The van der Waals surface area contributed by atoms with Gasteiger partial charge in [-0.1, -0.05) is 12.1 Å². The molecule has 0 spiro atoms. The van der Waals surface area contributed by atoms with Crippen molar-refractivity contribution in [1.29, 1.82) is 0 Å². The van der Waals surface area contributed by atoms with Gasteiger partial charge in [0, 0.05) is 12.0 Å². The monoisotopic (exact) mass is 354 g/mol. The van der Waals surface area contributed by atoms with Crippen molar-refractivity contribution in [2.24, 2.45) is 0 Å². The lowest BCUT2D eigenvalue weighted by molar-refractivity contribution is 0.293. The van der Waals surface area contributed by atoms with Crippen LogP contribution in [0.25, 0.3) is 11.4 Å². The maximum absolute atomic E-state index is 5.74. The quantitative estimate of drug-likeness (QED) is 0.579. The van der Waals surface area contributed by atoms with Crippen molar-refractivity contribution in [3.8, 4) is 28.6 Å². The first kappa shape index (κ1) is 17.7. The van der Waals surface area contributed by atoms with Gasteiger partial charge in [-0.3, -0.25) is 0 Å². The fourth-order valence-electron chi connectivity index (χ4n) is 2.53. The van der Waals surface area contributed by atoms with Gasteiger partial charge in [-0.2, -0.15) is 4.80 Å². The molecule has 0 bridgehead atoms. The molecule has 2 aromatic carbocycles. The van der Waals surface area contributed by atoms with E-state index in [-0.39, 0.29) is 0 Å². The van der Waals surface area contributed by atoms with E-state index >= 15 is 0 Å². The van der Waals surface area contributed by atoms with E-state index in [0.29, 0.717) is 30.5 Å². The van der Waals surface area contributed by atoms with Gasteiger partial charge in [-0.25, -0.2) is 0 Å². The number of benzene rings is 2. The summed E-state index contributed by atoms with van der Waals surface area (Å²) in [6, 6.07) is 13.5. The van der Waals surface area contributed by atoms with Crippen molar-refractivity contribution >= 4 is 0 Å². The average Bonchev–Trinajstić information content (AvgIpc) is 3.13. The summed E-state index contributed by atoms with van der Waals surface area (Å²) in [5.41, 5.74) is 2.00. The predicted octanol–water partition coefficient (Wildman–Crippen LogP) is 3.13. The van der Waals surface area contributed by atoms with Gasteiger partial charge in [0.25, 0.3) is 0 Å². The molecular weight excluding hydrogens is 332 g/mol. The fourth-order valence-corrected chi connectivity index (χ4v) is 2.53. The van der Waals surface area contributed by atoms with Crippen LogP contribution in [-0.2, 0) is 6.54 Å². The van der Waals surface area contributed by atoms with Crippen LogP contribution in [0.5, 0.6) is 17.2 Å². The molecule has 0 aliphatic rings. The summed E-state index contributed by atoms with van der Waals surface area (Å²) in [5.74, 6) is 2.72. The highest BCUT2D eigenvalue weighted by Crippen LogP contribution is 2.30. The van der Waals surface area contributed by atoms with E-state index in [0.717, 1.165) is 17.7 Å². The van der Waals surface area contributed by atoms with Crippen LogP contribution in [0, 0.1) is 6.92 Å². The second-order valence-corrected chi connectivity index (χ2v) is 5.80. The van der Waals surface area contributed by atoms with Crippen molar-refractivity contribution in [3.63, 3.8) is 0 Å². The number of rotatable bonds is 8. The van der Waals surface area contributed by atoms with Crippen LogP contribution in [-0.4, -0.2) is 41.0 Å². The normalized spacial score (nSPS) is 10.6. The van der Waals surface area contributed by atoms with E-state index in [4.69, 9.17) is 14.2 Å². The first-order valence-electron chi connectivity index (χ1n) is 8.39. The summed E-state index contributed by atoms with van der Waals surface area (Å²) in [5, 5.41) is 12.6. The summed E-state index contributed by atoms with van der Waals surface area (Å²) in [4.78, 5) is 1.58. The number of hydrogen-bond donors (Lipinski definition) is 0. The Balaban J connectivity index is 1.56. The van der Waals surface area contributed by atoms with Crippen LogP contribution in [0.2, 0.25) is 0 Å². The molecule has 1 aromatic heterocycles. The molecule has 0 radical (unpaired) electrons. The van der Waals surface area contributed by atoms with Gasteiger partial charge < -0.3 is 14.2 Å². The highest BCUT2D eigenvalue weighted by atomic mass is 16.5. The van der Waals surface area contributed by atoms with Crippen molar-refractivity contribution in [2.75, 3.05) is 20.8 Å². The van der Waals surface area contributed by atoms with Crippen molar-refractivity contribution in [1.82, 2.24) is 20.2 Å². The molecule has 3 rings (SSSR count). The number of ether oxygens (including phenoxy) is 3. The van der Waals surface area contributed by atoms with E-state index < -0.39 is 0 Å². The molecule has 26 heavy (non-hydrogen) atoms. The van der Waals surface area contributed by atoms with Gasteiger partial charge >= 0.3 is 0 Å². The van der Waals surface area contributed by atoms with Crippen molar-refractivity contribution in [2.45, 2.75) is 19.9 Å². The highest BCUT2D eigenvalue weighted by Gasteiger charge is 2.10. The largest absolute Gasteiger partial charge is 0.494 e. The molecule has 0 aliphatic carbocycles. The van der Waals surface area contributed by atoms with Crippen LogP contribution < -0.4 is 14.2 Å². The Morgan fingerprint density at radius 3 is 2.62 bits per heavy atom. The minimum absolute atomic E-state index is 0.547. The summed E-state index contributed by atoms with van der Waals surface area (Å²) < 4.78 is 16.3. The van der Waals surface area contributed by atoms with Crippen LogP contribution in [0.4, 0.5) is 0 Å². The third kappa shape index (κ3) is 4.30. The molecule has 0 N–H and O–H groups in total. The summed E-state index contributed by atoms with van der Waals surface area (Å²) in [6.45, 7) is 3.27. The topological polar surface area (TPSA) is 71.3 Å². The number of methoxy groups -OCH3 is 2. The molecule has 0 saturated carbocycles. The minimum atomic E-state index is 0.547. The standard InChI is InChI=1S/C19H22N4O3/c1-14-6-4-7-16(12-14)26-11-5-10-23-21-19(20-22-23)15-8-9-17(24-2)18(13-15)25-3/h4,6-9,12-13H,5,10-11H2,1-3H3. The Morgan fingerprint density at radius 1 is 1.00 bits per heavy atom. The van der Waals surface area contributed by atoms with Crippen LogP contribution in [0.1, 0.15) is 12.0 Å². The first-order chi connectivity index (χ1) is 12.7. The van der Waals surface area contributed by atoms with E-state index in [1.54, 1.807) is 19.0 Å². The summed E-state index contributed by atoms with van der Waals surface area (Å²) in [7, 11) is 3.20. The number of hydrogen-bond acceptors (Lipinski definition) is 6. The van der Waals surface area contributed by atoms with Gasteiger partial charge in [0.05, 0.1) is 27.4 Å². The number of nitrogens with zero attached hydrogens (tertiary/aromatic N) is 4. The van der Waals surface area contributed by atoms with E-state index in [1.807, 2.05) is 49.4 Å². The first-order valence-corrected chi connectivity index (χ1v) is 8.39. The molecule has 0 atom stereocenters. The Labute approximate surface area is 152 Å². The molecule has 0 unspecified atom stereocenters. The number of aromatic nitrogens is 4. The molecule has 1 heterocycles. The predicted molar refractivity (Wildman–Crippen MR) is 97.6 cm³/mol. The van der Waals surface area contributed by atoms with Gasteiger partial charge in [0.1, 0.15) is 5.75 Å². The SMILES string of the molecule is COc1ccc(-c2nnn(CCCOc3cccc(C)c3)n2)cc1OC. The van der Waals surface area contributed by atoms with Crippen molar-refractivity contribution in [3.05, 3.63) is 48.0 Å². The second-order valence-electron chi connectivity index (χ2n) is 5.80. The fraction of sp³-hybridized carbons (Fsp3) is 0.316. The Hall–Kier alpha value is -3.09. The Morgan fingerprint density at radius 2 is 1.85 bits per heavy atom. The Bertz CT molecular complexity index is 863. The molecule has 136 valence electrons. The lowest BCUT2D eigenvalue weighted by Gasteiger charge is -2.07. The van der Waals surface area contributed by atoms with Crippen LogP contribution >= 0.6 is 0 Å². The third-order valence-electron chi connectivity index (χ3n) is 3.86. The highest BCUT2D eigenvalue weighted by molar-refractivity contribution is 5.60. The number of aryl methyl sites for hydroxylation is 2. The number of tetrazole rings is 1. The van der Waals surface area contributed by atoms with E-state index in [2.05, 4.69) is 15.4 Å². The molecular formula is C19H22N4O3. The molecule has 0 saturated heterocycles. The zero-order valence-corrected chi connectivity index (χ0v) is 15.2. The lowest BCUT2D eigenvalue weighted by Crippen LogP contribution is -2.07. The van der Waals surface area contributed by atoms with Gasteiger partial charge in [-0.05, 0) is 48.0 Å². The third-order valence-corrected chi connectivity index (χ3v) is 3.86. The lowest BCUT2D eigenvalue weighted by atomic mass is 10.2. The molecule has 0 aliphatic heterocycles. The summed E-state index contributed by atoms with van der Waals surface area (Å²) >= 11 is 0. The van der Waals surface area contributed by atoms with Crippen LogP contribution in [0.15, 0.2) is 42.5 Å². The molecule has 0 amide bonds. The maximum atomic E-state index is 5.74. The molecule has 7 heteroatoms. The zero-order chi connectivity index (χ0) is 18.4. The zero-order valence-electron chi connectivity index (χ0n) is 15.2. The van der Waals surface area contributed by atoms with Crippen LogP contribution in [0.3, 0.4) is 0 Å². The molecule has 7 nitrogen and oxygen atoms in total. The smallest absolute Gasteiger partial charge is 0.205 e. The molecule has 0 fully saturated rings. The van der Waals surface area contributed by atoms with E-state index in [1.165, 1.54) is 5.56 Å². The molecule has 3 aromatic rings. The van der Waals surface area contributed by atoms with Crippen molar-refractivity contribution < 1.29 is 14.2 Å². The Kier molecular flexibility index (Phi) is 5.68. The van der Waals surface area contributed by atoms with E-state index in [9.17, 15) is 0 Å². The van der Waals surface area contributed by atoms with Gasteiger partial charge in [-0.15, -0.1) is 10.2 Å².